The quantitative estimate of drug-likeness (QED) is 0.656. The molecule has 0 aliphatic rings. The number of hydrogen-bond donors (Lipinski definition) is 2. The van der Waals surface area contributed by atoms with Crippen molar-refractivity contribution in [2.45, 2.75) is 19.9 Å². The standard InChI is InChI=1S/C8H11N3O2S/c1-2-5-3-11(4-6(9)14)8(13)10-7(5)12/h3H,2,4H2,1H3,(H2,9,14)(H,10,12,13). The van der Waals surface area contributed by atoms with E-state index in [1.54, 1.807) is 0 Å². The molecule has 1 rings (SSSR count). The molecule has 0 atom stereocenters. The van der Waals surface area contributed by atoms with Gasteiger partial charge < -0.3 is 5.73 Å². The fourth-order valence-corrected chi connectivity index (χ4v) is 1.23. The highest BCUT2D eigenvalue weighted by Crippen LogP contribution is 1.88. The fraction of sp³-hybridized carbons (Fsp3) is 0.375. The zero-order valence-electron chi connectivity index (χ0n) is 7.74. The molecule has 6 heteroatoms. The fourth-order valence-electron chi connectivity index (χ4n) is 1.09. The maximum Gasteiger partial charge on any atom is 0.328 e. The Morgan fingerprint density at radius 3 is 2.79 bits per heavy atom. The molecule has 3 N–H and O–H groups in total. The smallest absolute Gasteiger partial charge is 0.328 e. The van der Waals surface area contributed by atoms with Crippen LogP contribution < -0.4 is 17.0 Å². The maximum absolute atomic E-state index is 11.2. The number of aromatic amines is 1. The van der Waals surface area contributed by atoms with E-state index in [1.807, 2.05) is 6.92 Å². The van der Waals surface area contributed by atoms with Crippen molar-refractivity contribution >= 4 is 17.2 Å². The van der Waals surface area contributed by atoms with Crippen molar-refractivity contribution in [1.82, 2.24) is 9.55 Å². The van der Waals surface area contributed by atoms with Crippen LogP contribution in [0, 0.1) is 0 Å². The van der Waals surface area contributed by atoms with Gasteiger partial charge in [0.05, 0.1) is 11.5 Å². The maximum atomic E-state index is 11.2. The summed E-state index contributed by atoms with van der Waals surface area (Å²) >= 11 is 4.68. The number of H-pyrrole nitrogens is 1. The number of aryl methyl sites for hydroxylation is 1. The molecule has 1 aromatic rings. The Bertz CT molecular complexity index is 460. The third-order valence-electron chi connectivity index (χ3n) is 1.79. The number of nitrogens with two attached hydrogens (primary N) is 1. The van der Waals surface area contributed by atoms with Gasteiger partial charge in [0.2, 0.25) is 0 Å². The van der Waals surface area contributed by atoms with Gasteiger partial charge in [-0.05, 0) is 6.42 Å². The third-order valence-corrected chi connectivity index (χ3v) is 1.92. The molecule has 0 unspecified atom stereocenters. The number of rotatable bonds is 3. The average Bonchev–Trinajstić information content (AvgIpc) is 2.09. The lowest BCUT2D eigenvalue weighted by molar-refractivity contribution is 0.743. The summed E-state index contributed by atoms with van der Waals surface area (Å²) in [5, 5.41) is 0. The van der Waals surface area contributed by atoms with Crippen molar-refractivity contribution in [1.29, 1.82) is 0 Å². The van der Waals surface area contributed by atoms with Crippen LogP contribution >= 0.6 is 12.2 Å². The van der Waals surface area contributed by atoms with Crippen LogP contribution in [0.15, 0.2) is 15.8 Å². The van der Waals surface area contributed by atoms with Gasteiger partial charge in [-0.2, -0.15) is 0 Å². The molecule has 0 aromatic carbocycles. The Morgan fingerprint density at radius 2 is 2.29 bits per heavy atom. The van der Waals surface area contributed by atoms with Gasteiger partial charge in [-0.15, -0.1) is 0 Å². The van der Waals surface area contributed by atoms with Crippen molar-refractivity contribution in [2.75, 3.05) is 0 Å². The third kappa shape index (κ3) is 2.29. The largest absolute Gasteiger partial charge is 0.392 e. The molecule has 14 heavy (non-hydrogen) atoms. The topological polar surface area (TPSA) is 80.9 Å². The van der Waals surface area contributed by atoms with Crippen LogP contribution in [0.4, 0.5) is 0 Å². The Labute approximate surface area is 85.6 Å². The van der Waals surface area contributed by atoms with Gasteiger partial charge >= 0.3 is 5.69 Å². The summed E-state index contributed by atoms with van der Waals surface area (Å²) in [6.07, 6.45) is 2.05. The summed E-state index contributed by atoms with van der Waals surface area (Å²) in [6, 6.07) is 0. The molecule has 0 radical (unpaired) electrons. The van der Waals surface area contributed by atoms with Crippen LogP contribution in [0.5, 0.6) is 0 Å². The molecule has 0 saturated carbocycles. The van der Waals surface area contributed by atoms with Crippen molar-refractivity contribution in [3.05, 3.63) is 32.6 Å². The molecule has 0 aliphatic heterocycles. The monoisotopic (exact) mass is 213 g/mol. The average molecular weight is 213 g/mol. The normalized spacial score (nSPS) is 10.1. The van der Waals surface area contributed by atoms with Crippen LogP contribution in [-0.2, 0) is 13.0 Å². The predicted octanol–water partition coefficient (Wildman–Crippen LogP) is -0.615. The number of hydrogen-bond acceptors (Lipinski definition) is 3. The second-order valence-corrected chi connectivity index (χ2v) is 3.39. The first kappa shape index (κ1) is 10.6. The minimum absolute atomic E-state index is 0.151. The Balaban J connectivity index is 3.24. The van der Waals surface area contributed by atoms with Crippen LogP contribution in [0.1, 0.15) is 12.5 Å². The summed E-state index contributed by atoms with van der Waals surface area (Å²) in [4.78, 5) is 24.8. The summed E-state index contributed by atoms with van der Waals surface area (Å²) in [6.45, 7) is 1.98. The van der Waals surface area contributed by atoms with E-state index in [2.05, 4.69) is 17.2 Å². The lowest BCUT2D eigenvalue weighted by Gasteiger charge is -2.04. The van der Waals surface area contributed by atoms with Gasteiger partial charge in [0.1, 0.15) is 0 Å². The van der Waals surface area contributed by atoms with Crippen molar-refractivity contribution in [3.8, 4) is 0 Å². The zero-order chi connectivity index (χ0) is 10.7. The Hall–Kier alpha value is -1.43. The first-order valence-corrected chi connectivity index (χ1v) is 4.56. The highest BCUT2D eigenvalue weighted by Gasteiger charge is 2.02. The second kappa shape index (κ2) is 4.19. The van der Waals surface area contributed by atoms with Crippen molar-refractivity contribution in [2.24, 2.45) is 5.73 Å². The predicted molar refractivity (Wildman–Crippen MR) is 57.5 cm³/mol. The zero-order valence-corrected chi connectivity index (χ0v) is 8.56. The van der Waals surface area contributed by atoms with E-state index in [0.29, 0.717) is 12.0 Å². The molecule has 1 aromatic heterocycles. The van der Waals surface area contributed by atoms with E-state index in [0.717, 1.165) is 0 Å². The van der Waals surface area contributed by atoms with Crippen molar-refractivity contribution < 1.29 is 0 Å². The van der Waals surface area contributed by atoms with Gasteiger partial charge in [0, 0.05) is 11.8 Å². The second-order valence-electron chi connectivity index (χ2n) is 2.86. The number of aromatic nitrogens is 2. The van der Waals surface area contributed by atoms with Gasteiger partial charge in [-0.25, -0.2) is 4.79 Å². The molecular weight excluding hydrogens is 202 g/mol. The van der Waals surface area contributed by atoms with E-state index in [9.17, 15) is 9.59 Å². The summed E-state index contributed by atoms with van der Waals surface area (Å²) in [5.74, 6) is 0. The van der Waals surface area contributed by atoms with E-state index in [4.69, 9.17) is 5.73 Å². The highest BCUT2D eigenvalue weighted by atomic mass is 32.1. The minimum Gasteiger partial charge on any atom is -0.392 e. The number of nitrogens with zero attached hydrogens (tertiary/aromatic N) is 1. The van der Waals surface area contributed by atoms with E-state index in [-0.39, 0.29) is 17.1 Å². The van der Waals surface area contributed by atoms with Crippen LogP contribution in [0.3, 0.4) is 0 Å². The lowest BCUT2D eigenvalue weighted by atomic mass is 10.3. The summed E-state index contributed by atoms with van der Waals surface area (Å²) < 4.78 is 1.29. The van der Waals surface area contributed by atoms with Gasteiger partial charge in [-0.1, -0.05) is 19.1 Å². The first-order chi connectivity index (χ1) is 6.54. The van der Waals surface area contributed by atoms with E-state index < -0.39 is 5.69 Å². The molecule has 0 amide bonds. The molecule has 76 valence electrons. The van der Waals surface area contributed by atoms with Crippen LogP contribution in [-0.4, -0.2) is 14.5 Å². The molecule has 0 fully saturated rings. The Morgan fingerprint density at radius 1 is 1.64 bits per heavy atom. The molecule has 1 heterocycles. The number of nitrogens with one attached hydrogen (secondary N) is 1. The first-order valence-electron chi connectivity index (χ1n) is 4.15. The van der Waals surface area contributed by atoms with Crippen LogP contribution in [0.25, 0.3) is 0 Å². The SMILES string of the molecule is CCc1cn(CC(N)=S)c(=O)[nH]c1=O. The summed E-state index contributed by atoms with van der Waals surface area (Å²) in [5.41, 5.74) is 5.01. The molecule has 0 saturated heterocycles. The van der Waals surface area contributed by atoms with Crippen molar-refractivity contribution in [3.63, 3.8) is 0 Å². The Kier molecular flexibility index (Phi) is 3.19. The molecular formula is C8H11N3O2S. The molecule has 0 spiro atoms. The molecule has 5 nitrogen and oxygen atoms in total. The van der Waals surface area contributed by atoms with Gasteiger partial charge in [0.15, 0.2) is 0 Å². The molecule has 0 aliphatic carbocycles. The highest BCUT2D eigenvalue weighted by molar-refractivity contribution is 7.80. The van der Waals surface area contributed by atoms with Gasteiger partial charge in [-0.3, -0.25) is 14.3 Å². The lowest BCUT2D eigenvalue weighted by Crippen LogP contribution is -2.34. The van der Waals surface area contributed by atoms with Crippen LogP contribution in [0.2, 0.25) is 0 Å². The minimum atomic E-state index is -0.486. The van der Waals surface area contributed by atoms with Gasteiger partial charge in [0.25, 0.3) is 5.56 Å². The van der Waals surface area contributed by atoms with E-state index in [1.165, 1.54) is 10.8 Å². The summed E-state index contributed by atoms with van der Waals surface area (Å²) in [7, 11) is 0. The molecule has 0 bridgehead atoms. The number of thiocarbonyl (C=S) groups is 1. The van der Waals surface area contributed by atoms with E-state index >= 15 is 0 Å².